The van der Waals surface area contributed by atoms with Gasteiger partial charge in [0.15, 0.2) is 11.7 Å². The van der Waals surface area contributed by atoms with Crippen LogP contribution in [0.2, 0.25) is 0 Å². The van der Waals surface area contributed by atoms with Crippen LogP contribution >= 0.6 is 0 Å². The van der Waals surface area contributed by atoms with Crippen LogP contribution in [0.15, 0.2) is 0 Å². The quantitative estimate of drug-likeness (QED) is 0.408. The normalized spacial score (nSPS) is 59.2. The number of hydrogen-bond acceptors (Lipinski definition) is 9. The number of carbonyl (C=O) groups is 3. The fourth-order valence-electron chi connectivity index (χ4n) is 8.06. The van der Waals surface area contributed by atoms with Gasteiger partial charge in [0.05, 0.1) is 16.7 Å². The van der Waals surface area contributed by atoms with Crippen molar-refractivity contribution in [3.63, 3.8) is 0 Å². The number of rotatable bonds is 0. The van der Waals surface area contributed by atoms with Gasteiger partial charge >= 0.3 is 17.9 Å². The summed E-state index contributed by atoms with van der Waals surface area (Å²) in [7, 11) is 0. The Bertz CT molecular complexity index is 893. The van der Waals surface area contributed by atoms with Crippen LogP contribution in [0.1, 0.15) is 40.5 Å². The first-order chi connectivity index (χ1) is 13.4. The number of aliphatic hydroxyl groups is 2. The Morgan fingerprint density at radius 1 is 1.03 bits per heavy atom. The van der Waals surface area contributed by atoms with E-state index in [0.717, 1.165) is 0 Å². The van der Waals surface area contributed by atoms with Crippen LogP contribution in [0.4, 0.5) is 0 Å². The molecule has 0 aromatic heterocycles. The van der Waals surface area contributed by atoms with E-state index in [2.05, 4.69) is 0 Å². The Labute approximate surface area is 166 Å². The molecule has 4 saturated heterocycles. The summed E-state index contributed by atoms with van der Waals surface area (Å²) in [6.07, 6.45) is -3.96. The summed E-state index contributed by atoms with van der Waals surface area (Å²) in [5, 5.41) is 23.0. The molecule has 2 N–H and O–H groups in total. The van der Waals surface area contributed by atoms with Gasteiger partial charge < -0.3 is 29.2 Å². The molecule has 29 heavy (non-hydrogen) atoms. The molecule has 10 atom stereocenters. The molecule has 0 aromatic rings. The van der Waals surface area contributed by atoms with Crippen molar-refractivity contribution in [1.82, 2.24) is 0 Å². The van der Waals surface area contributed by atoms with Crippen LogP contribution < -0.4 is 0 Å². The Morgan fingerprint density at radius 2 is 1.72 bits per heavy atom. The van der Waals surface area contributed by atoms with Gasteiger partial charge in [-0.15, -0.1) is 0 Å². The number of carbonyl (C=O) groups excluding carboxylic acids is 3. The number of fused-ring (bicyclic) bond motifs is 1. The molecule has 9 heteroatoms. The summed E-state index contributed by atoms with van der Waals surface area (Å²) in [5.74, 6) is -3.52. The van der Waals surface area contributed by atoms with E-state index in [-0.39, 0.29) is 17.8 Å². The van der Waals surface area contributed by atoms with E-state index >= 15 is 0 Å². The van der Waals surface area contributed by atoms with E-state index in [1.807, 2.05) is 20.8 Å². The molecule has 0 radical (unpaired) electrons. The van der Waals surface area contributed by atoms with Gasteiger partial charge in [-0.2, -0.15) is 0 Å². The van der Waals surface area contributed by atoms with Crippen molar-refractivity contribution in [2.75, 3.05) is 0 Å². The van der Waals surface area contributed by atoms with Crippen LogP contribution in [-0.4, -0.2) is 63.9 Å². The number of aliphatic hydroxyl groups excluding tert-OH is 1. The maximum atomic E-state index is 13.3. The van der Waals surface area contributed by atoms with E-state index in [4.69, 9.17) is 18.9 Å². The summed E-state index contributed by atoms with van der Waals surface area (Å²) < 4.78 is 22.9. The highest BCUT2D eigenvalue weighted by Crippen LogP contribution is 2.84. The standard InChI is InChI=1S/C20H24O9/c1-7-12(22)26-10-6-17-9-5-8(16(2,3)4)18(17)11(21)13(23)28-15(18)29-20(17,14(24)27-9)19(7,10)25/h7-11,15,21,25H,5-6H2,1-4H3/t7-,8+,9-,10+,11+,15+,17+,18-,19-,20+/m1/s1. The van der Waals surface area contributed by atoms with Gasteiger partial charge in [0.25, 0.3) is 0 Å². The largest absolute Gasteiger partial charge is 0.459 e. The van der Waals surface area contributed by atoms with Crippen molar-refractivity contribution in [1.29, 1.82) is 0 Å². The van der Waals surface area contributed by atoms with Crippen LogP contribution in [0.25, 0.3) is 0 Å². The molecule has 2 aliphatic carbocycles. The molecular weight excluding hydrogens is 384 g/mol. The van der Waals surface area contributed by atoms with Gasteiger partial charge in [-0.3, -0.25) is 4.79 Å². The fraction of sp³-hybridized carbons (Fsp3) is 0.850. The molecule has 4 aliphatic heterocycles. The first-order valence-electron chi connectivity index (χ1n) is 10.1. The Kier molecular flexibility index (Phi) is 2.79. The van der Waals surface area contributed by atoms with Gasteiger partial charge in [0.2, 0.25) is 11.9 Å². The molecule has 0 aromatic carbocycles. The maximum absolute atomic E-state index is 13.3. The lowest BCUT2D eigenvalue weighted by atomic mass is 9.51. The fourth-order valence-corrected chi connectivity index (χ4v) is 8.06. The van der Waals surface area contributed by atoms with E-state index in [1.54, 1.807) is 0 Å². The second-order valence-electron chi connectivity index (χ2n) is 10.6. The highest BCUT2D eigenvalue weighted by molar-refractivity contribution is 5.93. The predicted molar refractivity (Wildman–Crippen MR) is 90.6 cm³/mol. The maximum Gasteiger partial charge on any atom is 0.342 e. The summed E-state index contributed by atoms with van der Waals surface area (Å²) in [6, 6.07) is 0. The zero-order chi connectivity index (χ0) is 20.9. The van der Waals surface area contributed by atoms with Gasteiger partial charge in [-0.25, -0.2) is 9.59 Å². The van der Waals surface area contributed by atoms with E-state index in [0.29, 0.717) is 6.42 Å². The Morgan fingerprint density at radius 3 is 2.38 bits per heavy atom. The molecule has 4 heterocycles. The summed E-state index contributed by atoms with van der Waals surface area (Å²) in [6.45, 7) is 7.47. The van der Waals surface area contributed by atoms with Crippen LogP contribution in [-0.2, 0) is 33.3 Å². The second kappa shape index (κ2) is 4.48. The lowest BCUT2D eigenvalue weighted by Gasteiger charge is -2.46. The SMILES string of the molecule is C[C@@H]1C(=O)O[C@H]2C[C@]34[C@H]5C[C@@H](C(C)(C)C)[C@@]36[C@@H](OC(=O)[C@@H]6O)O[C@]4(C(=O)O5)[C@]21O. The molecule has 158 valence electrons. The lowest BCUT2D eigenvalue weighted by Crippen LogP contribution is -2.66. The molecule has 0 amide bonds. The van der Waals surface area contributed by atoms with Crippen LogP contribution in [0, 0.1) is 28.1 Å². The summed E-state index contributed by atoms with van der Waals surface area (Å²) >= 11 is 0. The van der Waals surface area contributed by atoms with E-state index in [1.165, 1.54) is 6.92 Å². The third-order valence-corrected chi connectivity index (χ3v) is 8.97. The van der Waals surface area contributed by atoms with Gasteiger partial charge in [-0.1, -0.05) is 20.8 Å². The second-order valence-corrected chi connectivity index (χ2v) is 10.6. The van der Waals surface area contributed by atoms with Crippen molar-refractivity contribution in [3.05, 3.63) is 0 Å². The first kappa shape index (κ1) is 18.1. The molecule has 9 nitrogen and oxygen atoms in total. The average molecular weight is 408 g/mol. The summed E-state index contributed by atoms with van der Waals surface area (Å²) in [5.41, 5.74) is -6.81. The smallest absolute Gasteiger partial charge is 0.342 e. The molecule has 2 saturated carbocycles. The third kappa shape index (κ3) is 1.35. The minimum absolute atomic E-state index is 0.0623. The lowest BCUT2D eigenvalue weighted by molar-refractivity contribution is -0.238. The molecule has 0 bridgehead atoms. The molecular formula is C20H24O9. The first-order valence-corrected chi connectivity index (χ1v) is 10.1. The molecule has 2 spiro atoms. The van der Waals surface area contributed by atoms with Gasteiger partial charge in [0.1, 0.15) is 12.2 Å². The van der Waals surface area contributed by atoms with Gasteiger partial charge in [-0.05, 0) is 24.7 Å². The van der Waals surface area contributed by atoms with Crippen molar-refractivity contribution >= 4 is 17.9 Å². The highest BCUT2D eigenvalue weighted by Gasteiger charge is 3.01. The molecule has 6 fully saturated rings. The Balaban J connectivity index is 1.68. The van der Waals surface area contributed by atoms with Crippen molar-refractivity contribution < 1.29 is 43.5 Å². The molecule has 6 rings (SSSR count). The number of ether oxygens (including phenoxy) is 4. The van der Waals surface area contributed by atoms with Crippen molar-refractivity contribution in [2.24, 2.45) is 28.1 Å². The Hall–Kier alpha value is -1.71. The summed E-state index contributed by atoms with van der Waals surface area (Å²) in [4.78, 5) is 38.1. The van der Waals surface area contributed by atoms with Gasteiger partial charge in [0, 0.05) is 6.42 Å². The highest BCUT2D eigenvalue weighted by atomic mass is 16.8. The molecule has 6 aliphatic rings. The monoisotopic (exact) mass is 408 g/mol. The topological polar surface area (TPSA) is 129 Å². The van der Waals surface area contributed by atoms with E-state index in [9.17, 15) is 24.6 Å². The average Bonchev–Trinajstić information content (AvgIpc) is 3.31. The minimum Gasteiger partial charge on any atom is -0.459 e. The number of esters is 3. The predicted octanol–water partition coefficient (Wildman–Crippen LogP) is -0.340. The van der Waals surface area contributed by atoms with Crippen molar-refractivity contribution in [2.45, 2.75) is 76.3 Å². The zero-order valence-electron chi connectivity index (χ0n) is 16.6. The zero-order valence-corrected chi connectivity index (χ0v) is 16.6. The molecule has 0 unspecified atom stereocenters. The van der Waals surface area contributed by atoms with E-state index < -0.39 is 70.5 Å². The minimum atomic E-state index is -1.97. The van der Waals surface area contributed by atoms with Crippen LogP contribution in [0.5, 0.6) is 0 Å². The number of hydrogen-bond donors (Lipinski definition) is 2. The van der Waals surface area contributed by atoms with Crippen molar-refractivity contribution in [3.8, 4) is 0 Å². The third-order valence-electron chi connectivity index (χ3n) is 8.97. The van der Waals surface area contributed by atoms with Crippen LogP contribution in [0.3, 0.4) is 0 Å².